The number of Topliss-reactive ketones (excluding diaryl/α,β-unsaturated/α-hetero) is 1. The molecule has 1 aromatic heterocycles. The van der Waals surface area contributed by atoms with Crippen molar-refractivity contribution in [1.29, 1.82) is 0 Å². The number of likely N-dealkylation sites (tertiary alicyclic amines) is 1. The lowest BCUT2D eigenvalue weighted by Gasteiger charge is -2.29. The van der Waals surface area contributed by atoms with Gasteiger partial charge in [-0.2, -0.15) is 5.10 Å². The highest BCUT2D eigenvalue weighted by atomic mass is 19.4. The van der Waals surface area contributed by atoms with Crippen molar-refractivity contribution in [2.45, 2.75) is 50.6 Å². The summed E-state index contributed by atoms with van der Waals surface area (Å²) >= 11 is 0. The van der Waals surface area contributed by atoms with Gasteiger partial charge in [0.25, 0.3) is 5.91 Å². The number of ketones is 1. The van der Waals surface area contributed by atoms with Crippen molar-refractivity contribution >= 4 is 23.5 Å². The van der Waals surface area contributed by atoms with Gasteiger partial charge in [0.2, 0.25) is 11.8 Å². The van der Waals surface area contributed by atoms with Crippen LogP contribution in [0, 0.1) is 17.8 Å². The second kappa shape index (κ2) is 9.96. The summed E-state index contributed by atoms with van der Waals surface area (Å²) in [4.78, 5) is 52.7. The number of nitrogens with zero attached hydrogens (tertiary/aromatic N) is 3. The first-order chi connectivity index (χ1) is 16.5. The molecule has 3 aliphatic rings. The van der Waals surface area contributed by atoms with Crippen LogP contribution in [0.25, 0.3) is 0 Å². The molecule has 3 heterocycles. The number of nitrogens with one attached hydrogen (secondary N) is 2. The number of carbonyl (C=O) groups excluding carboxylic acids is 4. The molecule has 2 saturated heterocycles. The van der Waals surface area contributed by atoms with Crippen LogP contribution in [0.4, 0.5) is 13.2 Å². The van der Waals surface area contributed by atoms with Gasteiger partial charge in [-0.05, 0) is 43.6 Å². The Hall–Kier alpha value is -2.96. The van der Waals surface area contributed by atoms with Gasteiger partial charge in [-0.25, -0.2) is 0 Å². The molecule has 4 rings (SSSR count). The number of carbonyl (C=O) groups is 4. The molecule has 5 atom stereocenters. The molecule has 10 nitrogen and oxygen atoms in total. The zero-order chi connectivity index (χ0) is 25.3. The van der Waals surface area contributed by atoms with E-state index in [1.807, 2.05) is 0 Å². The van der Waals surface area contributed by atoms with Crippen LogP contribution in [0.3, 0.4) is 0 Å². The Morgan fingerprint density at radius 1 is 1.29 bits per heavy atom. The Balaban J connectivity index is 1.53. The summed E-state index contributed by atoms with van der Waals surface area (Å²) in [7, 11) is 1.66. The van der Waals surface area contributed by atoms with Crippen molar-refractivity contribution in [1.82, 2.24) is 25.3 Å². The predicted octanol–water partition coefficient (Wildman–Crippen LogP) is 0.777. The first kappa shape index (κ1) is 25.1. The van der Waals surface area contributed by atoms with E-state index in [9.17, 15) is 32.3 Å². The minimum absolute atomic E-state index is 0.113. The molecule has 3 amide bonds. The Kier molecular flexibility index (Phi) is 7.15. The number of fused-ring (bicyclic) bond motifs is 1. The second-order valence-electron chi connectivity index (χ2n) is 9.41. The molecular weight excluding hydrogens is 471 g/mol. The lowest BCUT2D eigenvalue weighted by atomic mass is 9.92. The SMILES string of the molecule is Cn1ccc(C(=O)N2C[C@@H]3CCC[C@@H]3[C@H]2C(=O)N[C@@H](C[C@@H]2CCNC2=O)C(=O)COC(F)(F)F)n1. The Labute approximate surface area is 199 Å². The molecule has 1 aromatic rings. The van der Waals surface area contributed by atoms with Gasteiger partial charge in [0.1, 0.15) is 18.3 Å². The third-order valence-corrected chi connectivity index (χ3v) is 7.12. The van der Waals surface area contributed by atoms with Gasteiger partial charge in [-0.15, -0.1) is 13.2 Å². The van der Waals surface area contributed by atoms with E-state index in [1.165, 1.54) is 9.58 Å². The number of amides is 3. The number of hydrogen-bond acceptors (Lipinski definition) is 6. The first-order valence-corrected chi connectivity index (χ1v) is 11.7. The summed E-state index contributed by atoms with van der Waals surface area (Å²) in [5, 5.41) is 9.30. The number of alkyl halides is 3. The lowest BCUT2D eigenvalue weighted by Crippen LogP contribution is -2.54. The highest BCUT2D eigenvalue weighted by Gasteiger charge is 2.50. The van der Waals surface area contributed by atoms with Crippen molar-refractivity contribution in [3.8, 4) is 0 Å². The van der Waals surface area contributed by atoms with E-state index in [0.29, 0.717) is 19.5 Å². The fourth-order valence-corrected chi connectivity index (χ4v) is 5.46. The molecule has 13 heteroatoms. The molecule has 0 spiro atoms. The average Bonchev–Trinajstić information content (AvgIpc) is 3.56. The van der Waals surface area contributed by atoms with Crippen LogP contribution in [0.1, 0.15) is 42.6 Å². The molecule has 1 saturated carbocycles. The zero-order valence-electron chi connectivity index (χ0n) is 19.2. The van der Waals surface area contributed by atoms with Crippen LogP contribution < -0.4 is 10.6 Å². The Bertz CT molecular complexity index is 996. The molecule has 3 fully saturated rings. The van der Waals surface area contributed by atoms with Crippen molar-refractivity contribution in [2.75, 3.05) is 19.7 Å². The van der Waals surface area contributed by atoms with Gasteiger partial charge in [0.05, 0.1) is 6.04 Å². The van der Waals surface area contributed by atoms with Gasteiger partial charge in [-0.3, -0.25) is 28.6 Å². The van der Waals surface area contributed by atoms with Crippen LogP contribution >= 0.6 is 0 Å². The summed E-state index contributed by atoms with van der Waals surface area (Å²) in [6, 6.07) is -0.690. The van der Waals surface area contributed by atoms with E-state index in [4.69, 9.17) is 0 Å². The molecule has 35 heavy (non-hydrogen) atoms. The summed E-state index contributed by atoms with van der Waals surface area (Å²) in [5.74, 6) is -2.98. The predicted molar refractivity (Wildman–Crippen MR) is 114 cm³/mol. The van der Waals surface area contributed by atoms with Crippen LogP contribution in [-0.2, 0) is 26.2 Å². The van der Waals surface area contributed by atoms with Crippen molar-refractivity contribution in [3.05, 3.63) is 18.0 Å². The fraction of sp³-hybridized carbons (Fsp3) is 0.682. The highest BCUT2D eigenvalue weighted by Crippen LogP contribution is 2.42. The molecule has 0 bridgehead atoms. The summed E-state index contributed by atoms with van der Waals surface area (Å²) < 4.78 is 42.7. The second-order valence-corrected chi connectivity index (χ2v) is 9.41. The van der Waals surface area contributed by atoms with Crippen LogP contribution in [0.15, 0.2) is 12.3 Å². The number of hydrogen-bond donors (Lipinski definition) is 2. The third kappa shape index (κ3) is 5.65. The molecular formula is C22H28F3N5O5. The summed E-state index contributed by atoms with van der Waals surface area (Å²) in [6.07, 6.45) is -0.678. The van der Waals surface area contributed by atoms with Gasteiger partial charge >= 0.3 is 6.36 Å². The minimum Gasteiger partial charge on any atom is -0.356 e. The summed E-state index contributed by atoms with van der Waals surface area (Å²) in [5.41, 5.74) is 0.180. The quantitative estimate of drug-likeness (QED) is 0.545. The number of aromatic nitrogens is 2. The maximum Gasteiger partial charge on any atom is 0.522 e. The largest absolute Gasteiger partial charge is 0.522 e. The maximum atomic E-state index is 13.5. The first-order valence-electron chi connectivity index (χ1n) is 11.7. The molecule has 1 aliphatic carbocycles. The van der Waals surface area contributed by atoms with Crippen molar-refractivity contribution in [3.63, 3.8) is 0 Å². The average molecular weight is 499 g/mol. The standard InChI is InChI=1S/C22H28F3N5O5/c1-29-8-6-15(28-29)21(34)30-10-13-3-2-4-14(13)18(30)20(33)27-16(9-12-5-7-26-19(12)32)17(31)11-35-22(23,24)25/h6,8,12-14,16,18H,2-5,7,9-11H2,1H3,(H,26,32)(H,27,33)/t12-,13-,14-,16-,18-/m0/s1. The maximum absolute atomic E-state index is 13.5. The Morgan fingerprint density at radius 2 is 2.06 bits per heavy atom. The van der Waals surface area contributed by atoms with E-state index in [2.05, 4.69) is 20.5 Å². The summed E-state index contributed by atoms with van der Waals surface area (Å²) in [6.45, 7) is -0.536. The smallest absolute Gasteiger partial charge is 0.356 e. The molecule has 0 radical (unpaired) electrons. The van der Waals surface area contributed by atoms with E-state index in [1.54, 1.807) is 19.3 Å². The number of rotatable bonds is 8. The van der Waals surface area contributed by atoms with Gasteiger partial charge in [-0.1, -0.05) is 6.42 Å². The number of halogens is 3. The van der Waals surface area contributed by atoms with Gasteiger partial charge in [0.15, 0.2) is 5.78 Å². The molecule has 2 N–H and O–H groups in total. The van der Waals surface area contributed by atoms with Crippen LogP contribution in [0.2, 0.25) is 0 Å². The van der Waals surface area contributed by atoms with Crippen molar-refractivity contribution < 1.29 is 37.1 Å². The third-order valence-electron chi connectivity index (χ3n) is 7.12. The van der Waals surface area contributed by atoms with E-state index >= 15 is 0 Å². The van der Waals surface area contributed by atoms with Crippen molar-refractivity contribution in [2.24, 2.45) is 24.8 Å². The van der Waals surface area contributed by atoms with E-state index in [0.717, 1.165) is 19.3 Å². The van der Waals surface area contributed by atoms with E-state index in [-0.39, 0.29) is 29.9 Å². The zero-order valence-corrected chi connectivity index (χ0v) is 19.2. The molecule has 0 unspecified atom stereocenters. The molecule has 0 aromatic carbocycles. The topological polar surface area (TPSA) is 123 Å². The van der Waals surface area contributed by atoms with Crippen LogP contribution in [-0.4, -0.2) is 76.3 Å². The molecule has 192 valence electrons. The normalized spacial score (nSPS) is 27.0. The van der Waals surface area contributed by atoms with E-state index < -0.39 is 48.6 Å². The number of aryl methyl sites for hydroxylation is 1. The molecule has 2 aliphatic heterocycles. The van der Waals surface area contributed by atoms with Crippen LogP contribution in [0.5, 0.6) is 0 Å². The lowest BCUT2D eigenvalue weighted by molar-refractivity contribution is -0.321. The minimum atomic E-state index is -5.01. The van der Waals surface area contributed by atoms with Gasteiger partial charge in [0, 0.05) is 32.3 Å². The monoisotopic (exact) mass is 499 g/mol. The number of ether oxygens (including phenoxy) is 1. The highest BCUT2D eigenvalue weighted by molar-refractivity contribution is 5.98. The van der Waals surface area contributed by atoms with Gasteiger partial charge < -0.3 is 15.5 Å². The fourth-order valence-electron chi connectivity index (χ4n) is 5.46. The Morgan fingerprint density at radius 3 is 2.69 bits per heavy atom.